The smallest absolute Gasteiger partial charge is 0.207 e. The average Bonchev–Trinajstić information content (AvgIpc) is 3.42. The molecule has 0 fully saturated rings. The van der Waals surface area contributed by atoms with E-state index in [1.165, 1.54) is 16.2 Å². The van der Waals surface area contributed by atoms with Crippen molar-refractivity contribution >= 4 is 31.6 Å². The van der Waals surface area contributed by atoms with Crippen LogP contribution in [0.5, 0.6) is 0 Å². The summed E-state index contributed by atoms with van der Waals surface area (Å²) in [5.41, 5.74) is 7.64. The summed E-state index contributed by atoms with van der Waals surface area (Å²) in [6, 6.07) is 40.8. The summed E-state index contributed by atoms with van der Waals surface area (Å²) in [5.74, 6) is 0. The summed E-state index contributed by atoms with van der Waals surface area (Å²) in [5, 5.41) is 4.66. The van der Waals surface area contributed by atoms with Crippen molar-refractivity contribution in [3.05, 3.63) is 138 Å². The van der Waals surface area contributed by atoms with Gasteiger partial charge >= 0.3 is 0 Å². The number of aryl methyl sites for hydroxylation is 1. The van der Waals surface area contributed by atoms with Gasteiger partial charge in [-0.1, -0.05) is 115 Å². The van der Waals surface area contributed by atoms with Crippen LogP contribution in [0, 0.1) is 6.92 Å². The minimum Gasteiger partial charge on any atom is -0.207 e. The van der Waals surface area contributed by atoms with Gasteiger partial charge < -0.3 is 0 Å². The highest BCUT2D eigenvalue weighted by atomic mass is 32.2. The van der Waals surface area contributed by atoms with Crippen molar-refractivity contribution in [2.75, 3.05) is 0 Å². The maximum atomic E-state index is 13.9. The van der Waals surface area contributed by atoms with Crippen LogP contribution in [0.2, 0.25) is 0 Å². The molecule has 0 saturated heterocycles. The van der Waals surface area contributed by atoms with E-state index in [-0.39, 0.29) is 0 Å². The van der Waals surface area contributed by atoms with Crippen LogP contribution in [-0.4, -0.2) is 12.7 Å². The Kier molecular flexibility index (Phi) is 5.62. The molecule has 0 amide bonds. The minimum absolute atomic E-state index is 0.328. The maximum Gasteiger partial charge on any atom is 0.243 e. The van der Waals surface area contributed by atoms with Gasteiger partial charge in [0.25, 0.3) is 0 Å². The average molecular weight is 526 g/mol. The fraction of sp³-hybridized carbons (Fsp3) is 0.0857. The van der Waals surface area contributed by atoms with Crippen molar-refractivity contribution in [3.8, 4) is 22.3 Å². The molecule has 0 aromatic heterocycles. The zero-order valence-electron chi connectivity index (χ0n) is 21.6. The van der Waals surface area contributed by atoms with Crippen LogP contribution in [0.3, 0.4) is 0 Å². The van der Waals surface area contributed by atoms with Gasteiger partial charge in [-0.05, 0) is 74.0 Å². The van der Waals surface area contributed by atoms with Crippen molar-refractivity contribution in [2.24, 2.45) is 0 Å². The summed E-state index contributed by atoms with van der Waals surface area (Å²) < 4.78 is 29.5. The first-order valence-corrected chi connectivity index (χ1v) is 14.6. The first-order chi connectivity index (χ1) is 19.0. The Morgan fingerprint density at radius 2 is 1.13 bits per heavy atom. The van der Waals surface area contributed by atoms with Crippen LogP contribution in [-0.2, 0) is 23.1 Å². The molecular formula is C35H27NO2S. The SMILES string of the molecule is Cc1ccc(S(=O)(=O)N2Cc3c(c(-c4ccccc4)c4c(ccc5ccccc54)c3-c3ccccc3)C2)cc1. The number of rotatable bonds is 4. The van der Waals surface area contributed by atoms with Gasteiger partial charge in [-0.25, -0.2) is 8.42 Å². The van der Waals surface area contributed by atoms with E-state index in [0.717, 1.165) is 44.3 Å². The lowest BCUT2D eigenvalue weighted by atomic mass is 9.83. The van der Waals surface area contributed by atoms with Gasteiger partial charge in [0.1, 0.15) is 0 Å². The number of sulfonamides is 1. The van der Waals surface area contributed by atoms with Crippen molar-refractivity contribution in [1.29, 1.82) is 0 Å². The van der Waals surface area contributed by atoms with Crippen molar-refractivity contribution in [2.45, 2.75) is 24.9 Å². The van der Waals surface area contributed by atoms with E-state index < -0.39 is 10.0 Å². The standard InChI is InChI=1S/C35H27NO2S/c1-24-16-19-28(20-17-24)39(37,38)36-22-31-32(23-36)34(27-13-6-3-7-14-27)35-29-15-9-8-10-25(29)18-21-30(35)33(31)26-11-4-2-5-12-26/h2-21H,22-23H2,1H3. The van der Waals surface area contributed by atoms with Gasteiger partial charge in [0.2, 0.25) is 10.0 Å². The molecule has 0 radical (unpaired) electrons. The van der Waals surface area contributed by atoms with Gasteiger partial charge in [-0.2, -0.15) is 4.31 Å². The quantitative estimate of drug-likeness (QED) is 0.217. The molecule has 3 nitrogen and oxygen atoms in total. The lowest BCUT2D eigenvalue weighted by Gasteiger charge is -2.20. The molecule has 0 atom stereocenters. The minimum atomic E-state index is -3.69. The summed E-state index contributed by atoms with van der Waals surface area (Å²) in [6.07, 6.45) is 0. The van der Waals surface area contributed by atoms with Crippen LogP contribution in [0.1, 0.15) is 16.7 Å². The molecule has 6 aromatic rings. The molecule has 1 heterocycles. The highest BCUT2D eigenvalue weighted by molar-refractivity contribution is 7.89. The molecule has 0 N–H and O–H groups in total. The monoisotopic (exact) mass is 525 g/mol. The van der Waals surface area contributed by atoms with Gasteiger partial charge in [-0.15, -0.1) is 0 Å². The van der Waals surface area contributed by atoms with Gasteiger partial charge in [-0.3, -0.25) is 0 Å². The molecule has 0 saturated carbocycles. The van der Waals surface area contributed by atoms with Crippen LogP contribution in [0.4, 0.5) is 0 Å². The largest absolute Gasteiger partial charge is 0.243 e. The van der Waals surface area contributed by atoms with Crippen molar-refractivity contribution < 1.29 is 8.42 Å². The topological polar surface area (TPSA) is 37.4 Å². The highest BCUT2D eigenvalue weighted by Gasteiger charge is 2.35. The van der Waals surface area contributed by atoms with E-state index in [1.54, 1.807) is 16.4 Å². The zero-order valence-corrected chi connectivity index (χ0v) is 22.4. The number of fused-ring (bicyclic) bond motifs is 4. The Morgan fingerprint density at radius 1 is 0.564 bits per heavy atom. The number of benzene rings is 6. The molecular weight excluding hydrogens is 498 g/mol. The zero-order chi connectivity index (χ0) is 26.6. The fourth-order valence-corrected chi connectivity index (χ4v) is 7.39. The first kappa shape index (κ1) is 23.8. The second kappa shape index (κ2) is 9.19. The third kappa shape index (κ3) is 3.87. The van der Waals surface area contributed by atoms with E-state index in [1.807, 2.05) is 31.2 Å². The molecule has 0 spiro atoms. The van der Waals surface area contributed by atoms with E-state index in [0.29, 0.717) is 18.0 Å². The normalized spacial score (nSPS) is 13.7. The molecule has 0 unspecified atom stereocenters. The van der Waals surface area contributed by atoms with Crippen molar-refractivity contribution in [3.63, 3.8) is 0 Å². The molecule has 7 rings (SSSR count). The van der Waals surface area contributed by atoms with E-state index in [2.05, 4.69) is 84.9 Å². The third-order valence-corrected chi connectivity index (χ3v) is 9.67. The molecule has 1 aliphatic heterocycles. The molecule has 1 aliphatic rings. The summed E-state index contributed by atoms with van der Waals surface area (Å²) in [7, 11) is -3.69. The van der Waals surface area contributed by atoms with Gasteiger partial charge in [0.15, 0.2) is 0 Å². The predicted octanol–water partition coefficient (Wildman–Crippen LogP) is 8.34. The Hall–Kier alpha value is -4.25. The Balaban J connectivity index is 1.58. The number of hydrogen-bond donors (Lipinski definition) is 0. The maximum absolute atomic E-state index is 13.9. The van der Waals surface area contributed by atoms with Crippen molar-refractivity contribution in [1.82, 2.24) is 4.31 Å². The van der Waals surface area contributed by atoms with E-state index >= 15 is 0 Å². The number of hydrogen-bond acceptors (Lipinski definition) is 2. The second-order valence-electron chi connectivity index (χ2n) is 10.2. The summed E-state index contributed by atoms with van der Waals surface area (Å²) >= 11 is 0. The first-order valence-electron chi connectivity index (χ1n) is 13.2. The van der Waals surface area contributed by atoms with Gasteiger partial charge in [0, 0.05) is 13.1 Å². The van der Waals surface area contributed by atoms with Gasteiger partial charge in [0.05, 0.1) is 4.90 Å². The highest BCUT2D eigenvalue weighted by Crippen LogP contribution is 2.48. The molecule has 0 aliphatic carbocycles. The van der Waals surface area contributed by atoms with Crippen LogP contribution >= 0.6 is 0 Å². The fourth-order valence-electron chi connectivity index (χ4n) is 6.01. The van der Waals surface area contributed by atoms with Crippen LogP contribution < -0.4 is 0 Å². The molecule has 4 heteroatoms. The molecule has 0 bridgehead atoms. The summed E-state index contributed by atoms with van der Waals surface area (Å²) in [4.78, 5) is 0.332. The Labute approximate surface area is 229 Å². The Bertz CT molecular complexity index is 1960. The van der Waals surface area contributed by atoms with Crippen LogP contribution in [0.25, 0.3) is 43.8 Å². The van der Waals surface area contributed by atoms with Crippen LogP contribution in [0.15, 0.2) is 126 Å². The molecule has 190 valence electrons. The molecule has 6 aromatic carbocycles. The van der Waals surface area contributed by atoms with E-state index in [9.17, 15) is 8.42 Å². The lowest BCUT2D eigenvalue weighted by molar-refractivity contribution is 0.432. The molecule has 39 heavy (non-hydrogen) atoms. The summed E-state index contributed by atoms with van der Waals surface area (Å²) in [6.45, 7) is 2.63. The number of nitrogens with zero attached hydrogens (tertiary/aromatic N) is 1. The second-order valence-corrected chi connectivity index (χ2v) is 12.2. The Morgan fingerprint density at radius 3 is 1.79 bits per heavy atom. The lowest BCUT2D eigenvalue weighted by Crippen LogP contribution is -2.25. The van der Waals surface area contributed by atoms with E-state index in [4.69, 9.17) is 0 Å². The predicted molar refractivity (Wildman–Crippen MR) is 160 cm³/mol. The third-order valence-electron chi connectivity index (χ3n) is 7.87.